The van der Waals surface area contributed by atoms with Crippen molar-refractivity contribution >= 4 is 28.8 Å². The second kappa shape index (κ2) is 7.92. The molecule has 0 unspecified atom stereocenters. The van der Waals surface area contributed by atoms with Crippen LogP contribution in [0.4, 0.5) is 33.3 Å². The standard InChI is InChI=1S/C23H13F5N2O2/c24-15-5-1-13(2-6-15)19-20(29-17-9-7-16(25)8-10-17)22(32)30(21(19)31)18-11-3-14(4-12-18)23(26,27)28/h1-12,29H. The quantitative estimate of drug-likeness (QED) is 0.434. The van der Waals surface area contributed by atoms with Crippen molar-refractivity contribution in [3.63, 3.8) is 0 Å². The smallest absolute Gasteiger partial charge is 0.350 e. The van der Waals surface area contributed by atoms with Gasteiger partial charge in [-0.1, -0.05) is 12.1 Å². The van der Waals surface area contributed by atoms with Crippen LogP contribution in [-0.4, -0.2) is 11.8 Å². The van der Waals surface area contributed by atoms with Crippen molar-refractivity contribution in [2.45, 2.75) is 6.18 Å². The number of imide groups is 1. The van der Waals surface area contributed by atoms with Gasteiger partial charge in [-0.15, -0.1) is 0 Å². The predicted molar refractivity (Wildman–Crippen MR) is 107 cm³/mol. The monoisotopic (exact) mass is 444 g/mol. The Morgan fingerprint density at radius 3 is 1.75 bits per heavy atom. The van der Waals surface area contributed by atoms with Crippen LogP contribution in [0.1, 0.15) is 11.1 Å². The SMILES string of the molecule is O=C1C(Nc2ccc(F)cc2)=C(c2ccc(F)cc2)C(=O)N1c1ccc(C(F)(F)F)cc1. The van der Waals surface area contributed by atoms with Gasteiger partial charge >= 0.3 is 6.18 Å². The van der Waals surface area contributed by atoms with Crippen molar-refractivity contribution in [1.29, 1.82) is 0 Å². The minimum Gasteiger partial charge on any atom is -0.350 e. The summed E-state index contributed by atoms with van der Waals surface area (Å²) >= 11 is 0. The molecule has 0 atom stereocenters. The second-order valence-electron chi connectivity index (χ2n) is 6.88. The molecule has 0 bridgehead atoms. The van der Waals surface area contributed by atoms with E-state index in [9.17, 15) is 31.5 Å². The molecule has 3 aromatic rings. The number of rotatable bonds is 4. The van der Waals surface area contributed by atoms with Gasteiger partial charge in [-0.3, -0.25) is 9.59 Å². The van der Waals surface area contributed by atoms with E-state index >= 15 is 0 Å². The highest BCUT2D eigenvalue weighted by atomic mass is 19.4. The number of halogens is 5. The Hall–Kier alpha value is -4.01. The van der Waals surface area contributed by atoms with E-state index in [1.807, 2.05) is 0 Å². The average Bonchev–Trinajstić information content (AvgIpc) is 2.99. The molecule has 162 valence electrons. The van der Waals surface area contributed by atoms with Crippen LogP contribution in [-0.2, 0) is 15.8 Å². The number of nitrogens with one attached hydrogen (secondary N) is 1. The number of carbonyl (C=O) groups excluding carboxylic acids is 2. The molecule has 0 radical (unpaired) electrons. The molecule has 9 heteroatoms. The number of alkyl halides is 3. The summed E-state index contributed by atoms with van der Waals surface area (Å²) in [5, 5.41) is 2.77. The Labute approximate surface area is 178 Å². The number of nitrogens with zero attached hydrogens (tertiary/aromatic N) is 1. The summed E-state index contributed by atoms with van der Waals surface area (Å²) in [6.45, 7) is 0. The first-order valence-corrected chi connectivity index (χ1v) is 9.24. The highest BCUT2D eigenvalue weighted by Crippen LogP contribution is 2.36. The fraction of sp³-hybridized carbons (Fsp3) is 0.0435. The fourth-order valence-corrected chi connectivity index (χ4v) is 3.24. The van der Waals surface area contributed by atoms with Crippen LogP contribution in [0.3, 0.4) is 0 Å². The molecular formula is C23H13F5N2O2. The molecular weight excluding hydrogens is 431 g/mol. The molecule has 1 aliphatic heterocycles. The Kier molecular flexibility index (Phi) is 5.25. The first-order valence-electron chi connectivity index (χ1n) is 9.24. The van der Waals surface area contributed by atoms with Gasteiger partial charge in [0, 0.05) is 5.69 Å². The van der Waals surface area contributed by atoms with Crippen LogP contribution in [0.2, 0.25) is 0 Å². The topological polar surface area (TPSA) is 49.4 Å². The van der Waals surface area contributed by atoms with Crippen LogP contribution >= 0.6 is 0 Å². The summed E-state index contributed by atoms with van der Waals surface area (Å²) in [6.07, 6.45) is -4.58. The number of carbonyl (C=O) groups is 2. The molecule has 0 fully saturated rings. The molecule has 0 saturated carbocycles. The summed E-state index contributed by atoms with van der Waals surface area (Å²) in [5.74, 6) is -2.69. The lowest BCUT2D eigenvalue weighted by molar-refractivity contribution is -0.137. The van der Waals surface area contributed by atoms with Crippen molar-refractivity contribution in [1.82, 2.24) is 0 Å². The maximum atomic E-state index is 13.4. The Morgan fingerprint density at radius 2 is 1.22 bits per heavy atom. The van der Waals surface area contributed by atoms with E-state index in [0.717, 1.165) is 53.4 Å². The normalized spacial score (nSPS) is 14.3. The van der Waals surface area contributed by atoms with Gasteiger partial charge in [-0.05, 0) is 66.2 Å². The molecule has 1 aliphatic rings. The van der Waals surface area contributed by atoms with Gasteiger partial charge in [-0.2, -0.15) is 13.2 Å². The number of benzene rings is 3. The lowest BCUT2D eigenvalue weighted by atomic mass is 10.0. The van der Waals surface area contributed by atoms with Crippen LogP contribution in [0, 0.1) is 11.6 Å². The van der Waals surface area contributed by atoms with Gasteiger partial charge in [0.15, 0.2) is 0 Å². The lowest BCUT2D eigenvalue weighted by Crippen LogP contribution is -2.32. The highest BCUT2D eigenvalue weighted by molar-refractivity contribution is 6.46. The molecule has 0 aliphatic carbocycles. The fourth-order valence-electron chi connectivity index (χ4n) is 3.24. The summed E-state index contributed by atoms with van der Waals surface area (Å²) in [6, 6.07) is 13.4. The number of amides is 2. The molecule has 0 aromatic heterocycles. The van der Waals surface area contributed by atoms with E-state index in [4.69, 9.17) is 0 Å². The number of anilines is 2. The molecule has 4 nitrogen and oxygen atoms in total. The van der Waals surface area contributed by atoms with E-state index in [1.165, 1.54) is 24.3 Å². The van der Waals surface area contributed by atoms with E-state index in [1.54, 1.807) is 0 Å². The minimum absolute atomic E-state index is 0.0662. The zero-order valence-electron chi connectivity index (χ0n) is 16.1. The van der Waals surface area contributed by atoms with Crippen LogP contribution in [0.15, 0.2) is 78.5 Å². The number of hydrogen-bond acceptors (Lipinski definition) is 3. The summed E-state index contributed by atoms with van der Waals surface area (Å²) in [4.78, 5) is 27.0. The summed E-state index contributed by atoms with van der Waals surface area (Å²) in [7, 11) is 0. The van der Waals surface area contributed by atoms with Crippen molar-refractivity contribution in [2.24, 2.45) is 0 Å². The van der Waals surface area contributed by atoms with E-state index in [-0.39, 0.29) is 22.5 Å². The molecule has 0 spiro atoms. The average molecular weight is 444 g/mol. The second-order valence-corrected chi connectivity index (χ2v) is 6.88. The first kappa shape index (κ1) is 21.2. The van der Waals surface area contributed by atoms with Crippen molar-refractivity contribution < 1.29 is 31.5 Å². The van der Waals surface area contributed by atoms with E-state index in [2.05, 4.69) is 5.32 Å². The van der Waals surface area contributed by atoms with Gasteiger partial charge in [0.05, 0.1) is 16.8 Å². The maximum Gasteiger partial charge on any atom is 0.416 e. The largest absolute Gasteiger partial charge is 0.416 e. The molecule has 32 heavy (non-hydrogen) atoms. The third-order valence-corrected chi connectivity index (χ3v) is 4.78. The van der Waals surface area contributed by atoms with Crippen molar-refractivity contribution in [3.8, 4) is 0 Å². The first-order chi connectivity index (χ1) is 15.1. The van der Waals surface area contributed by atoms with Gasteiger partial charge in [0.25, 0.3) is 11.8 Å². The zero-order chi connectivity index (χ0) is 23.0. The summed E-state index contributed by atoms with van der Waals surface area (Å²) < 4.78 is 65.2. The van der Waals surface area contributed by atoms with E-state index < -0.39 is 35.2 Å². The zero-order valence-corrected chi connectivity index (χ0v) is 16.1. The Bertz CT molecular complexity index is 1220. The molecule has 0 saturated heterocycles. The molecule has 4 rings (SSSR count). The van der Waals surface area contributed by atoms with Gasteiger partial charge in [0.2, 0.25) is 0 Å². The Morgan fingerprint density at radius 1 is 0.688 bits per heavy atom. The predicted octanol–water partition coefficient (Wildman–Crippen LogP) is 5.38. The van der Waals surface area contributed by atoms with Crippen LogP contribution < -0.4 is 10.2 Å². The summed E-state index contributed by atoms with van der Waals surface area (Å²) in [5.41, 5.74) is -0.743. The van der Waals surface area contributed by atoms with Crippen LogP contribution in [0.5, 0.6) is 0 Å². The van der Waals surface area contributed by atoms with Gasteiger partial charge in [-0.25, -0.2) is 13.7 Å². The lowest BCUT2D eigenvalue weighted by Gasteiger charge is -2.16. The number of hydrogen-bond donors (Lipinski definition) is 1. The van der Waals surface area contributed by atoms with Gasteiger partial charge in [0.1, 0.15) is 17.3 Å². The molecule has 2 amide bonds. The van der Waals surface area contributed by atoms with E-state index in [0.29, 0.717) is 5.69 Å². The highest BCUT2D eigenvalue weighted by Gasteiger charge is 2.40. The third-order valence-electron chi connectivity index (χ3n) is 4.78. The van der Waals surface area contributed by atoms with Crippen LogP contribution in [0.25, 0.3) is 5.57 Å². The van der Waals surface area contributed by atoms with Gasteiger partial charge < -0.3 is 5.32 Å². The minimum atomic E-state index is -4.58. The van der Waals surface area contributed by atoms with Crippen molar-refractivity contribution in [2.75, 3.05) is 10.2 Å². The van der Waals surface area contributed by atoms with Crippen molar-refractivity contribution in [3.05, 3.63) is 101 Å². The third kappa shape index (κ3) is 3.96. The Balaban J connectivity index is 1.77. The molecule has 1 N–H and O–H groups in total. The molecule has 3 aromatic carbocycles. The maximum absolute atomic E-state index is 13.4. The molecule has 1 heterocycles.